The number of aromatic nitrogens is 2. The van der Waals surface area contributed by atoms with Crippen molar-refractivity contribution >= 4 is 16.7 Å². The highest BCUT2D eigenvalue weighted by molar-refractivity contribution is 5.99. The summed E-state index contributed by atoms with van der Waals surface area (Å²) in [7, 11) is 1.48. The third kappa shape index (κ3) is 1.99. The fourth-order valence-corrected chi connectivity index (χ4v) is 1.85. The van der Waals surface area contributed by atoms with Gasteiger partial charge in [0, 0.05) is 18.8 Å². The molecule has 2 rings (SSSR count). The number of pyridine rings is 2. The molecule has 0 aliphatic heterocycles. The van der Waals surface area contributed by atoms with E-state index in [0.29, 0.717) is 23.2 Å². The maximum Gasteiger partial charge on any atom is 0.238 e. The number of ketones is 1. The number of ether oxygens (including phenoxy) is 1. The summed E-state index contributed by atoms with van der Waals surface area (Å²) in [5, 5.41) is 0.420. The highest BCUT2D eigenvalue weighted by Crippen LogP contribution is 2.18. The smallest absolute Gasteiger partial charge is 0.238 e. The van der Waals surface area contributed by atoms with Gasteiger partial charge in [-0.15, -0.1) is 0 Å². The quantitative estimate of drug-likeness (QED) is 0.836. The standard InChI is InChI=1S/C13H14N2O3/c1-3-4-10(16)9-7-15-11-8(12(9)17)5-6-14-13(11)18-2/h5-7H,3-4H2,1-2H3,(H,15,17). The summed E-state index contributed by atoms with van der Waals surface area (Å²) in [5.41, 5.74) is 0.429. The molecule has 0 saturated heterocycles. The summed E-state index contributed by atoms with van der Waals surface area (Å²) >= 11 is 0. The second-order valence-corrected chi connectivity index (χ2v) is 3.95. The van der Waals surface area contributed by atoms with Crippen molar-refractivity contribution in [3.8, 4) is 5.88 Å². The van der Waals surface area contributed by atoms with E-state index in [4.69, 9.17) is 4.74 Å². The second kappa shape index (κ2) is 5.00. The normalized spacial score (nSPS) is 10.6. The number of nitrogens with one attached hydrogen (secondary N) is 1. The third-order valence-electron chi connectivity index (χ3n) is 2.74. The molecule has 1 N–H and O–H groups in total. The van der Waals surface area contributed by atoms with Crippen LogP contribution in [0.25, 0.3) is 10.9 Å². The van der Waals surface area contributed by atoms with Gasteiger partial charge in [0.25, 0.3) is 0 Å². The maximum absolute atomic E-state index is 12.2. The van der Waals surface area contributed by atoms with Crippen LogP contribution in [0.2, 0.25) is 0 Å². The Bertz CT molecular complexity index is 646. The van der Waals surface area contributed by atoms with E-state index in [0.717, 1.165) is 6.42 Å². The summed E-state index contributed by atoms with van der Waals surface area (Å²) in [5.74, 6) is 0.204. The Kier molecular flexibility index (Phi) is 3.41. The number of rotatable bonds is 4. The van der Waals surface area contributed by atoms with Gasteiger partial charge in [-0.05, 0) is 12.5 Å². The van der Waals surface area contributed by atoms with E-state index in [-0.39, 0.29) is 16.8 Å². The third-order valence-corrected chi connectivity index (χ3v) is 2.74. The van der Waals surface area contributed by atoms with E-state index in [2.05, 4.69) is 9.97 Å². The van der Waals surface area contributed by atoms with Crippen LogP contribution in [0.3, 0.4) is 0 Å². The minimum atomic E-state index is -0.275. The Morgan fingerprint density at radius 1 is 1.50 bits per heavy atom. The molecule has 2 aromatic rings. The van der Waals surface area contributed by atoms with Crippen molar-refractivity contribution in [3.63, 3.8) is 0 Å². The number of H-pyrrole nitrogens is 1. The molecule has 0 aliphatic carbocycles. The van der Waals surface area contributed by atoms with Gasteiger partial charge in [-0.25, -0.2) is 4.98 Å². The van der Waals surface area contributed by atoms with Crippen LogP contribution < -0.4 is 10.2 Å². The molecule has 94 valence electrons. The molecule has 0 saturated carbocycles. The van der Waals surface area contributed by atoms with Gasteiger partial charge in [0.2, 0.25) is 5.88 Å². The average molecular weight is 246 g/mol. The maximum atomic E-state index is 12.2. The van der Waals surface area contributed by atoms with Gasteiger partial charge in [0.15, 0.2) is 11.2 Å². The number of nitrogens with zero attached hydrogens (tertiary/aromatic N) is 1. The molecule has 0 amide bonds. The van der Waals surface area contributed by atoms with Gasteiger partial charge in [-0.2, -0.15) is 0 Å². The number of hydrogen-bond acceptors (Lipinski definition) is 4. The summed E-state index contributed by atoms with van der Waals surface area (Å²) in [6, 6.07) is 1.58. The molecule has 0 atom stereocenters. The van der Waals surface area contributed by atoms with Gasteiger partial charge in [0.05, 0.1) is 18.1 Å². The van der Waals surface area contributed by atoms with Gasteiger partial charge in [-0.1, -0.05) is 6.92 Å². The van der Waals surface area contributed by atoms with Crippen LogP contribution in [0, 0.1) is 0 Å². The van der Waals surface area contributed by atoms with Crippen LogP contribution in [-0.2, 0) is 0 Å². The number of carbonyl (C=O) groups excluding carboxylic acids is 1. The van der Waals surface area contributed by atoms with Crippen molar-refractivity contribution in [2.75, 3.05) is 7.11 Å². The molecule has 5 heteroatoms. The van der Waals surface area contributed by atoms with E-state index in [9.17, 15) is 9.59 Å². The lowest BCUT2D eigenvalue weighted by atomic mass is 10.1. The Morgan fingerprint density at radius 3 is 2.94 bits per heavy atom. The zero-order valence-electron chi connectivity index (χ0n) is 10.3. The summed E-state index contributed by atoms with van der Waals surface area (Å²) in [6.45, 7) is 1.90. The second-order valence-electron chi connectivity index (χ2n) is 3.95. The minimum absolute atomic E-state index is 0.142. The van der Waals surface area contributed by atoms with Crippen LogP contribution in [0.5, 0.6) is 5.88 Å². The Hall–Kier alpha value is -2.17. The van der Waals surface area contributed by atoms with Crippen LogP contribution >= 0.6 is 0 Å². The first kappa shape index (κ1) is 12.3. The van der Waals surface area contributed by atoms with Gasteiger partial charge < -0.3 is 9.72 Å². The lowest BCUT2D eigenvalue weighted by Crippen LogP contribution is -2.16. The molecular formula is C13H14N2O3. The van der Waals surface area contributed by atoms with Crippen LogP contribution in [0.1, 0.15) is 30.1 Å². The predicted octanol–water partition coefficient (Wildman–Crippen LogP) is 1.91. The SMILES string of the molecule is CCCC(=O)c1c[nH]c2c(OC)nccc2c1=O. The first-order chi connectivity index (χ1) is 8.69. The molecule has 5 nitrogen and oxygen atoms in total. The lowest BCUT2D eigenvalue weighted by molar-refractivity contribution is 0.0980. The average Bonchev–Trinajstić information content (AvgIpc) is 2.39. The van der Waals surface area contributed by atoms with Crippen LogP contribution in [0.15, 0.2) is 23.3 Å². The van der Waals surface area contributed by atoms with Gasteiger partial charge in [0.1, 0.15) is 5.52 Å². The molecule has 2 heterocycles. The summed E-state index contributed by atoms with van der Waals surface area (Å²) in [6.07, 6.45) is 4.02. The molecular weight excluding hydrogens is 232 g/mol. The molecule has 0 spiro atoms. The van der Waals surface area contributed by atoms with Crippen molar-refractivity contribution in [1.29, 1.82) is 0 Å². The fraction of sp³-hybridized carbons (Fsp3) is 0.308. The molecule has 0 fully saturated rings. The van der Waals surface area contributed by atoms with Crippen molar-refractivity contribution in [2.24, 2.45) is 0 Å². The molecule has 0 bridgehead atoms. The highest BCUT2D eigenvalue weighted by Gasteiger charge is 2.14. The number of fused-ring (bicyclic) bond motifs is 1. The predicted molar refractivity (Wildman–Crippen MR) is 68.2 cm³/mol. The number of carbonyl (C=O) groups is 1. The monoisotopic (exact) mass is 246 g/mol. The van der Waals surface area contributed by atoms with Crippen molar-refractivity contribution in [3.05, 3.63) is 34.2 Å². The van der Waals surface area contributed by atoms with E-state index in [1.807, 2.05) is 6.92 Å². The zero-order chi connectivity index (χ0) is 13.1. The highest BCUT2D eigenvalue weighted by atomic mass is 16.5. The molecule has 2 aromatic heterocycles. The zero-order valence-corrected chi connectivity index (χ0v) is 10.3. The number of Topliss-reactive ketones (excluding diaryl/α,β-unsaturated/α-hetero) is 1. The number of methoxy groups -OCH3 is 1. The number of aromatic amines is 1. The van der Waals surface area contributed by atoms with Crippen LogP contribution in [0.4, 0.5) is 0 Å². The van der Waals surface area contributed by atoms with E-state index >= 15 is 0 Å². The lowest BCUT2D eigenvalue weighted by Gasteiger charge is -2.05. The fourth-order valence-electron chi connectivity index (χ4n) is 1.85. The minimum Gasteiger partial charge on any atom is -0.479 e. The van der Waals surface area contributed by atoms with Crippen molar-refractivity contribution in [2.45, 2.75) is 19.8 Å². The van der Waals surface area contributed by atoms with Gasteiger partial charge in [-0.3, -0.25) is 9.59 Å². The van der Waals surface area contributed by atoms with E-state index in [1.165, 1.54) is 19.5 Å². The first-order valence-corrected chi connectivity index (χ1v) is 5.76. The largest absolute Gasteiger partial charge is 0.479 e. The molecule has 0 radical (unpaired) electrons. The Labute approximate surface area is 104 Å². The van der Waals surface area contributed by atoms with Crippen molar-refractivity contribution < 1.29 is 9.53 Å². The molecule has 18 heavy (non-hydrogen) atoms. The Morgan fingerprint density at radius 2 is 2.28 bits per heavy atom. The van der Waals surface area contributed by atoms with E-state index < -0.39 is 0 Å². The Balaban J connectivity index is 2.65. The van der Waals surface area contributed by atoms with Crippen molar-refractivity contribution in [1.82, 2.24) is 9.97 Å². The summed E-state index contributed by atoms with van der Waals surface area (Å²) < 4.78 is 5.06. The first-order valence-electron chi connectivity index (χ1n) is 5.76. The number of hydrogen-bond donors (Lipinski definition) is 1. The molecule has 0 unspecified atom stereocenters. The molecule has 0 aromatic carbocycles. The van der Waals surface area contributed by atoms with Crippen LogP contribution in [-0.4, -0.2) is 22.9 Å². The molecule has 0 aliphatic rings. The van der Waals surface area contributed by atoms with E-state index in [1.54, 1.807) is 6.07 Å². The summed E-state index contributed by atoms with van der Waals surface area (Å²) in [4.78, 5) is 30.9. The van der Waals surface area contributed by atoms with Gasteiger partial charge >= 0.3 is 0 Å². The topological polar surface area (TPSA) is 72.1 Å².